The first-order valence-corrected chi connectivity index (χ1v) is 5.53. The van der Waals surface area contributed by atoms with Gasteiger partial charge in [0.15, 0.2) is 11.5 Å². The number of hydrogen-bond acceptors (Lipinski definition) is 3. The minimum absolute atomic E-state index is 0.00910. The molecular weight excluding hydrogens is 218 g/mol. The van der Waals surface area contributed by atoms with Gasteiger partial charge in [0.1, 0.15) is 0 Å². The number of nitrogens with zero attached hydrogens (tertiary/aromatic N) is 1. The van der Waals surface area contributed by atoms with Gasteiger partial charge in [0, 0.05) is 19.7 Å². The molecule has 0 saturated heterocycles. The number of carbonyl (C=O) groups excluding carboxylic acids is 1. The largest absolute Gasteiger partial charge is 0.454 e. The minimum atomic E-state index is -0.00910. The zero-order valence-electron chi connectivity index (χ0n) is 9.97. The lowest BCUT2D eigenvalue weighted by Gasteiger charge is -2.10. The van der Waals surface area contributed by atoms with Crippen molar-refractivity contribution in [2.45, 2.75) is 6.92 Å². The van der Waals surface area contributed by atoms with E-state index >= 15 is 0 Å². The molecule has 0 N–H and O–H groups in total. The predicted molar refractivity (Wildman–Crippen MR) is 64.9 cm³/mol. The molecule has 1 aliphatic rings. The second-order valence-corrected chi connectivity index (χ2v) is 3.80. The molecule has 1 amide bonds. The molecule has 1 heterocycles. The lowest BCUT2D eigenvalue weighted by atomic mass is 10.2. The third-order valence-corrected chi connectivity index (χ3v) is 2.67. The molecule has 0 bridgehead atoms. The number of hydrogen-bond donors (Lipinski definition) is 0. The van der Waals surface area contributed by atoms with Crippen molar-refractivity contribution in [2.24, 2.45) is 0 Å². The first-order valence-electron chi connectivity index (χ1n) is 5.53. The molecule has 1 aromatic carbocycles. The predicted octanol–water partition coefficient (Wildman–Crippen LogP) is 1.91. The maximum atomic E-state index is 11.6. The van der Waals surface area contributed by atoms with Crippen LogP contribution in [0, 0.1) is 0 Å². The summed E-state index contributed by atoms with van der Waals surface area (Å²) in [5.74, 6) is 1.47. The van der Waals surface area contributed by atoms with Crippen molar-refractivity contribution in [3.63, 3.8) is 0 Å². The number of likely N-dealkylation sites (N-methyl/N-ethyl adjacent to an activating group) is 1. The van der Waals surface area contributed by atoms with Gasteiger partial charge in [-0.05, 0) is 30.7 Å². The van der Waals surface area contributed by atoms with E-state index < -0.39 is 0 Å². The van der Waals surface area contributed by atoms with Crippen LogP contribution in [0.1, 0.15) is 12.5 Å². The second-order valence-electron chi connectivity index (χ2n) is 3.80. The maximum absolute atomic E-state index is 11.6. The van der Waals surface area contributed by atoms with Crippen LogP contribution in [0.5, 0.6) is 11.5 Å². The molecule has 4 heteroatoms. The van der Waals surface area contributed by atoms with Gasteiger partial charge < -0.3 is 14.4 Å². The number of fused-ring (bicyclic) bond motifs is 1. The van der Waals surface area contributed by atoms with Crippen LogP contribution in [0.3, 0.4) is 0 Å². The zero-order valence-corrected chi connectivity index (χ0v) is 9.97. The summed E-state index contributed by atoms with van der Waals surface area (Å²) in [4.78, 5) is 13.2. The van der Waals surface area contributed by atoms with Gasteiger partial charge in [0.05, 0.1) is 0 Å². The van der Waals surface area contributed by atoms with E-state index in [-0.39, 0.29) is 12.7 Å². The summed E-state index contributed by atoms with van der Waals surface area (Å²) in [7, 11) is 1.77. The van der Waals surface area contributed by atoms with Crippen molar-refractivity contribution in [1.82, 2.24) is 4.90 Å². The van der Waals surface area contributed by atoms with Crippen LogP contribution < -0.4 is 9.47 Å². The lowest BCUT2D eigenvalue weighted by Crippen LogP contribution is -2.23. The topological polar surface area (TPSA) is 38.8 Å². The molecule has 17 heavy (non-hydrogen) atoms. The molecule has 0 aliphatic carbocycles. The first-order chi connectivity index (χ1) is 8.20. The summed E-state index contributed by atoms with van der Waals surface area (Å²) in [6.07, 6.45) is 3.33. The van der Waals surface area contributed by atoms with Gasteiger partial charge in [-0.3, -0.25) is 4.79 Å². The molecule has 0 aromatic heterocycles. The quantitative estimate of drug-likeness (QED) is 0.748. The number of rotatable bonds is 3. The fourth-order valence-electron chi connectivity index (χ4n) is 1.47. The summed E-state index contributed by atoms with van der Waals surface area (Å²) in [6.45, 7) is 2.90. The molecule has 0 atom stereocenters. The van der Waals surface area contributed by atoms with Crippen LogP contribution in [-0.4, -0.2) is 31.2 Å². The Morgan fingerprint density at radius 1 is 1.41 bits per heavy atom. The third-order valence-electron chi connectivity index (χ3n) is 2.67. The van der Waals surface area contributed by atoms with E-state index in [4.69, 9.17) is 9.47 Å². The van der Waals surface area contributed by atoms with Crippen molar-refractivity contribution < 1.29 is 14.3 Å². The highest BCUT2D eigenvalue weighted by Gasteiger charge is 2.12. The van der Waals surface area contributed by atoms with E-state index in [1.54, 1.807) is 24.1 Å². The van der Waals surface area contributed by atoms with E-state index in [1.807, 2.05) is 25.1 Å². The van der Waals surface area contributed by atoms with Crippen LogP contribution >= 0.6 is 0 Å². The summed E-state index contributed by atoms with van der Waals surface area (Å²) in [6, 6.07) is 5.59. The Balaban J connectivity index is 2.09. The Bertz CT molecular complexity index is 454. The highest BCUT2D eigenvalue weighted by atomic mass is 16.7. The molecule has 0 fully saturated rings. The summed E-state index contributed by atoms with van der Waals surface area (Å²) >= 11 is 0. The van der Waals surface area contributed by atoms with Crippen LogP contribution in [0.2, 0.25) is 0 Å². The average molecular weight is 233 g/mol. The maximum Gasteiger partial charge on any atom is 0.246 e. The monoisotopic (exact) mass is 233 g/mol. The van der Waals surface area contributed by atoms with Crippen LogP contribution in [-0.2, 0) is 4.79 Å². The summed E-state index contributed by atoms with van der Waals surface area (Å²) < 4.78 is 10.5. The highest BCUT2D eigenvalue weighted by molar-refractivity contribution is 5.91. The van der Waals surface area contributed by atoms with Crippen LogP contribution in [0.25, 0.3) is 6.08 Å². The van der Waals surface area contributed by atoms with Crippen molar-refractivity contribution >= 4 is 12.0 Å². The smallest absolute Gasteiger partial charge is 0.246 e. The van der Waals surface area contributed by atoms with E-state index in [2.05, 4.69) is 0 Å². The average Bonchev–Trinajstić information content (AvgIpc) is 2.82. The third kappa shape index (κ3) is 2.58. The van der Waals surface area contributed by atoms with Crippen LogP contribution in [0.4, 0.5) is 0 Å². The van der Waals surface area contributed by atoms with Gasteiger partial charge in [-0.2, -0.15) is 0 Å². The SMILES string of the molecule is CCN(C)C(=O)/C=C/c1ccc2c(c1)OCO2. The van der Waals surface area contributed by atoms with Gasteiger partial charge >= 0.3 is 0 Å². The van der Waals surface area contributed by atoms with E-state index in [0.29, 0.717) is 6.54 Å². The van der Waals surface area contributed by atoms with Gasteiger partial charge in [-0.1, -0.05) is 6.07 Å². The van der Waals surface area contributed by atoms with Gasteiger partial charge in [0.25, 0.3) is 0 Å². The number of ether oxygens (including phenoxy) is 2. The molecule has 0 unspecified atom stereocenters. The molecule has 0 saturated carbocycles. The number of carbonyl (C=O) groups is 1. The Morgan fingerprint density at radius 3 is 2.94 bits per heavy atom. The molecule has 1 aromatic rings. The first kappa shape index (κ1) is 11.5. The molecule has 90 valence electrons. The van der Waals surface area contributed by atoms with E-state index in [0.717, 1.165) is 17.1 Å². The van der Waals surface area contributed by atoms with Gasteiger partial charge in [-0.15, -0.1) is 0 Å². The zero-order chi connectivity index (χ0) is 12.3. The fourth-order valence-corrected chi connectivity index (χ4v) is 1.47. The Labute approximate surface area is 100 Å². The second kappa shape index (κ2) is 4.91. The molecule has 1 aliphatic heterocycles. The minimum Gasteiger partial charge on any atom is -0.454 e. The highest BCUT2D eigenvalue weighted by Crippen LogP contribution is 2.32. The normalized spacial score (nSPS) is 13.1. The molecule has 0 spiro atoms. The number of benzene rings is 1. The lowest BCUT2D eigenvalue weighted by molar-refractivity contribution is -0.124. The Morgan fingerprint density at radius 2 is 2.18 bits per heavy atom. The van der Waals surface area contributed by atoms with E-state index in [1.165, 1.54) is 0 Å². The standard InChI is InChI=1S/C13H15NO3/c1-3-14(2)13(15)7-5-10-4-6-11-12(8-10)17-9-16-11/h4-8H,3,9H2,1-2H3/b7-5+. The van der Waals surface area contributed by atoms with Crippen LogP contribution in [0.15, 0.2) is 24.3 Å². The Kier molecular flexibility index (Phi) is 3.32. The van der Waals surface area contributed by atoms with E-state index in [9.17, 15) is 4.79 Å². The summed E-state index contributed by atoms with van der Waals surface area (Å²) in [5.41, 5.74) is 0.923. The fraction of sp³-hybridized carbons (Fsp3) is 0.308. The molecule has 2 rings (SSSR count). The molecule has 4 nitrogen and oxygen atoms in total. The van der Waals surface area contributed by atoms with Gasteiger partial charge in [0.2, 0.25) is 12.7 Å². The summed E-state index contributed by atoms with van der Waals surface area (Å²) in [5, 5.41) is 0. The van der Waals surface area contributed by atoms with Crippen molar-refractivity contribution in [3.8, 4) is 11.5 Å². The molecule has 0 radical (unpaired) electrons. The van der Waals surface area contributed by atoms with Crippen molar-refractivity contribution in [2.75, 3.05) is 20.4 Å². The van der Waals surface area contributed by atoms with Crippen molar-refractivity contribution in [3.05, 3.63) is 29.8 Å². The van der Waals surface area contributed by atoms with Crippen molar-refractivity contribution in [1.29, 1.82) is 0 Å². The molecular formula is C13H15NO3. The number of amides is 1. The van der Waals surface area contributed by atoms with Gasteiger partial charge in [-0.25, -0.2) is 0 Å². The Hall–Kier alpha value is -1.97.